The fraction of sp³-hybridized carbons (Fsp3) is 0.227. The van der Waals surface area contributed by atoms with Crippen molar-refractivity contribution in [3.8, 4) is 23.3 Å². The molecule has 1 aromatic heterocycles. The Balaban J connectivity index is 1.93. The molecule has 0 fully saturated rings. The number of methoxy groups -OCH3 is 3. The van der Waals surface area contributed by atoms with Crippen molar-refractivity contribution in [3.05, 3.63) is 53.9 Å². The van der Waals surface area contributed by atoms with Crippen molar-refractivity contribution in [2.75, 3.05) is 21.3 Å². The van der Waals surface area contributed by atoms with E-state index in [1.54, 1.807) is 29.8 Å². The van der Waals surface area contributed by atoms with Gasteiger partial charge in [-0.3, -0.25) is 4.79 Å². The second-order valence-corrected chi connectivity index (χ2v) is 6.27. The molecule has 148 valence electrons. The first-order valence-electron chi connectivity index (χ1n) is 8.87. The number of ketones is 1. The Labute approximate surface area is 168 Å². The Kier molecular flexibility index (Phi) is 5.84. The molecule has 0 amide bonds. The number of allylic oxidation sites excluding steroid dienone is 1. The molecule has 0 saturated heterocycles. The monoisotopic (exact) mass is 391 g/mol. The highest BCUT2D eigenvalue weighted by Crippen LogP contribution is 2.38. The summed E-state index contributed by atoms with van der Waals surface area (Å²) in [5, 5.41) is 9.61. The molecule has 0 saturated carbocycles. The Bertz CT molecular complexity index is 1100. The fourth-order valence-electron chi connectivity index (χ4n) is 3.14. The molecule has 0 bridgehead atoms. The van der Waals surface area contributed by atoms with E-state index in [1.165, 1.54) is 27.4 Å². The van der Waals surface area contributed by atoms with Gasteiger partial charge in [-0.1, -0.05) is 18.2 Å². The summed E-state index contributed by atoms with van der Waals surface area (Å²) >= 11 is 0. The van der Waals surface area contributed by atoms with Crippen molar-refractivity contribution in [1.29, 1.82) is 5.26 Å². The molecule has 3 aromatic rings. The molecule has 1 unspecified atom stereocenters. The third-order valence-electron chi connectivity index (χ3n) is 4.62. The lowest BCUT2D eigenvalue weighted by Crippen LogP contribution is -2.13. The maximum absolute atomic E-state index is 12.8. The molecule has 0 N–H and O–H groups in total. The summed E-state index contributed by atoms with van der Waals surface area (Å²) in [6.45, 7) is 0. The van der Waals surface area contributed by atoms with Gasteiger partial charge in [0.05, 0.1) is 38.4 Å². The lowest BCUT2D eigenvalue weighted by Gasteiger charge is -2.12. The van der Waals surface area contributed by atoms with Crippen LogP contribution in [0.4, 0.5) is 0 Å². The second kappa shape index (κ2) is 8.48. The number of nitrogens with zero attached hydrogens (tertiary/aromatic N) is 3. The highest BCUT2D eigenvalue weighted by Gasteiger charge is 2.24. The van der Waals surface area contributed by atoms with E-state index >= 15 is 0 Å². The molecule has 7 nitrogen and oxygen atoms in total. The van der Waals surface area contributed by atoms with Crippen molar-refractivity contribution < 1.29 is 19.0 Å². The van der Waals surface area contributed by atoms with E-state index in [9.17, 15) is 10.1 Å². The van der Waals surface area contributed by atoms with Crippen LogP contribution in [0.15, 0.2) is 42.5 Å². The van der Waals surface area contributed by atoms with Crippen molar-refractivity contribution in [1.82, 2.24) is 9.55 Å². The topological polar surface area (TPSA) is 86.4 Å². The highest BCUT2D eigenvalue weighted by atomic mass is 16.5. The zero-order valence-corrected chi connectivity index (χ0v) is 16.7. The van der Waals surface area contributed by atoms with Crippen molar-refractivity contribution in [2.45, 2.75) is 5.92 Å². The highest BCUT2D eigenvalue weighted by molar-refractivity contribution is 6.00. The lowest BCUT2D eigenvalue weighted by molar-refractivity contribution is -0.115. The fourth-order valence-corrected chi connectivity index (χ4v) is 3.14. The minimum Gasteiger partial charge on any atom is -0.493 e. The summed E-state index contributed by atoms with van der Waals surface area (Å²) in [5.74, 6) is 0.462. The third kappa shape index (κ3) is 3.78. The van der Waals surface area contributed by atoms with Gasteiger partial charge in [0.1, 0.15) is 5.82 Å². The van der Waals surface area contributed by atoms with E-state index in [1.807, 2.05) is 24.3 Å². The van der Waals surface area contributed by atoms with Crippen LogP contribution in [0.1, 0.15) is 17.3 Å². The average Bonchev–Trinajstić information content (AvgIpc) is 3.08. The van der Waals surface area contributed by atoms with Crippen molar-refractivity contribution in [3.63, 3.8) is 0 Å². The molecule has 0 aliphatic rings. The Morgan fingerprint density at radius 3 is 2.34 bits per heavy atom. The molecular weight excluding hydrogens is 370 g/mol. The molecule has 0 radical (unpaired) electrons. The summed E-state index contributed by atoms with van der Waals surface area (Å²) in [6, 6.07) is 13.0. The van der Waals surface area contributed by atoms with Crippen LogP contribution in [-0.4, -0.2) is 36.7 Å². The predicted molar refractivity (Wildman–Crippen MR) is 109 cm³/mol. The van der Waals surface area contributed by atoms with Crippen LogP contribution in [0.3, 0.4) is 0 Å². The minimum absolute atomic E-state index is 0.361. The summed E-state index contributed by atoms with van der Waals surface area (Å²) in [6.07, 6.45) is 2.98. The lowest BCUT2D eigenvalue weighted by atomic mass is 10.0. The van der Waals surface area contributed by atoms with Gasteiger partial charge in [0.25, 0.3) is 0 Å². The predicted octanol–water partition coefficient (Wildman–Crippen LogP) is 3.49. The van der Waals surface area contributed by atoms with Crippen LogP contribution < -0.4 is 14.2 Å². The summed E-state index contributed by atoms with van der Waals surface area (Å²) in [4.78, 5) is 17.2. The van der Waals surface area contributed by atoms with E-state index in [-0.39, 0.29) is 5.78 Å². The standard InChI is InChI=1S/C22H21N3O4/c1-25-17-8-6-5-7-16(17)24-22(25)15(13-23)18(26)10-9-14-11-19(27-2)21(29-4)20(12-14)28-3/h5-12,15H,1-4H3. The molecule has 7 heteroatoms. The molecular formula is C22H21N3O4. The number of ether oxygens (including phenoxy) is 3. The number of fused-ring (bicyclic) bond motifs is 1. The van der Waals surface area contributed by atoms with Gasteiger partial charge in [-0.25, -0.2) is 4.98 Å². The maximum atomic E-state index is 12.8. The molecule has 1 atom stereocenters. The van der Waals surface area contributed by atoms with Crippen LogP contribution in [0.5, 0.6) is 17.2 Å². The van der Waals surface area contributed by atoms with Gasteiger partial charge < -0.3 is 18.8 Å². The molecule has 2 aromatic carbocycles. The van der Waals surface area contributed by atoms with Gasteiger partial charge in [0.2, 0.25) is 5.75 Å². The van der Waals surface area contributed by atoms with Crippen LogP contribution in [0.2, 0.25) is 0 Å². The number of carbonyl (C=O) groups excluding carboxylic acids is 1. The normalized spacial score (nSPS) is 12.0. The third-order valence-corrected chi connectivity index (χ3v) is 4.62. The summed E-state index contributed by atoms with van der Waals surface area (Å²) < 4.78 is 17.7. The molecule has 29 heavy (non-hydrogen) atoms. The van der Waals surface area contributed by atoms with Crippen LogP contribution >= 0.6 is 0 Å². The zero-order chi connectivity index (χ0) is 21.0. The van der Waals surface area contributed by atoms with E-state index < -0.39 is 5.92 Å². The van der Waals surface area contributed by atoms with Gasteiger partial charge in [-0.05, 0) is 35.9 Å². The first kappa shape index (κ1) is 20.0. The van der Waals surface area contributed by atoms with E-state index in [2.05, 4.69) is 11.1 Å². The van der Waals surface area contributed by atoms with E-state index in [0.29, 0.717) is 28.6 Å². The Morgan fingerprint density at radius 2 is 1.79 bits per heavy atom. The van der Waals surface area contributed by atoms with E-state index in [0.717, 1.165) is 11.0 Å². The van der Waals surface area contributed by atoms with Crippen LogP contribution in [0.25, 0.3) is 17.1 Å². The quantitative estimate of drug-likeness (QED) is 0.573. The zero-order valence-electron chi connectivity index (χ0n) is 16.7. The Morgan fingerprint density at radius 1 is 1.14 bits per heavy atom. The number of imidazole rings is 1. The van der Waals surface area contributed by atoms with Gasteiger partial charge in [0.15, 0.2) is 23.2 Å². The van der Waals surface area contributed by atoms with Gasteiger partial charge in [-0.15, -0.1) is 0 Å². The van der Waals surface area contributed by atoms with Crippen molar-refractivity contribution in [2.24, 2.45) is 7.05 Å². The number of hydrogen-bond acceptors (Lipinski definition) is 6. The first-order chi connectivity index (χ1) is 14.0. The molecule has 3 rings (SSSR count). The average molecular weight is 391 g/mol. The molecule has 1 heterocycles. The van der Waals surface area contributed by atoms with Crippen LogP contribution in [0, 0.1) is 11.3 Å². The molecule has 0 aliphatic heterocycles. The second-order valence-electron chi connectivity index (χ2n) is 6.27. The molecule has 0 aliphatic carbocycles. The smallest absolute Gasteiger partial charge is 0.203 e. The number of hydrogen-bond donors (Lipinski definition) is 0. The number of rotatable bonds is 7. The first-order valence-corrected chi connectivity index (χ1v) is 8.87. The number of benzene rings is 2. The molecule has 0 spiro atoms. The summed E-state index contributed by atoms with van der Waals surface area (Å²) in [5.41, 5.74) is 2.28. The SMILES string of the molecule is COc1cc(C=CC(=O)C(C#N)c2nc3ccccc3n2C)cc(OC)c1OC. The van der Waals surface area contributed by atoms with Gasteiger partial charge in [-0.2, -0.15) is 5.26 Å². The van der Waals surface area contributed by atoms with E-state index in [4.69, 9.17) is 14.2 Å². The number of aryl methyl sites for hydroxylation is 1. The van der Waals surface area contributed by atoms with Crippen molar-refractivity contribution >= 4 is 22.9 Å². The summed E-state index contributed by atoms with van der Waals surface area (Å²) in [7, 11) is 6.36. The van der Waals surface area contributed by atoms with Crippen LogP contribution in [-0.2, 0) is 11.8 Å². The number of aromatic nitrogens is 2. The largest absolute Gasteiger partial charge is 0.493 e. The Hall–Kier alpha value is -3.79. The number of nitriles is 1. The van der Waals surface area contributed by atoms with Gasteiger partial charge >= 0.3 is 0 Å². The number of carbonyl (C=O) groups is 1. The number of para-hydroxylation sites is 2. The maximum Gasteiger partial charge on any atom is 0.203 e. The van der Waals surface area contributed by atoms with Gasteiger partial charge in [0, 0.05) is 7.05 Å². The minimum atomic E-state index is -1.01.